The molecule has 0 radical (unpaired) electrons. The lowest BCUT2D eigenvalue weighted by molar-refractivity contribution is 0.0773. The summed E-state index contributed by atoms with van der Waals surface area (Å²) in [5.41, 5.74) is 3.03. The first-order valence-corrected chi connectivity index (χ1v) is 12.1. The van der Waals surface area contributed by atoms with Crippen molar-refractivity contribution in [1.82, 2.24) is 15.1 Å². The van der Waals surface area contributed by atoms with Crippen molar-refractivity contribution in [2.75, 3.05) is 39.8 Å². The molecule has 2 aromatic carbocycles. The maximum absolute atomic E-state index is 13.0. The average molecular weight is 438 g/mol. The molecule has 0 aliphatic carbocycles. The van der Waals surface area contributed by atoms with Crippen molar-refractivity contribution in [3.05, 3.63) is 65.2 Å². The summed E-state index contributed by atoms with van der Waals surface area (Å²) in [6, 6.07) is 16.8. The third kappa shape index (κ3) is 6.11. The number of benzene rings is 2. The molecule has 0 aromatic heterocycles. The van der Waals surface area contributed by atoms with Gasteiger partial charge in [-0.1, -0.05) is 31.2 Å². The lowest BCUT2D eigenvalue weighted by Crippen LogP contribution is -2.44. The number of nitrogens with zero attached hydrogens (tertiary/aromatic N) is 2. The minimum absolute atomic E-state index is 0.0114. The van der Waals surface area contributed by atoms with E-state index in [2.05, 4.69) is 41.4 Å². The van der Waals surface area contributed by atoms with Crippen LogP contribution in [0.15, 0.2) is 48.5 Å². The molecule has 5 heteroatoms. The van der Waals surface area contributed by atoms with Gasteiger partial charge in [-0.15, -0.1) is 0 Å². The Hall–Kier alpha value is -2.37. The highest BCUT2D eigenvalue weighted by atomic mass is 16.5. The van der Waals surface area contributed by atoms with Gasteiger partial charge in [-0.2, -0.15) is 0 Å². The minimum Gasteiger partial charge on any atom is -0.497 e. The standard InChI is InChI=1S/C27H39N3O2/c1-5-16-29-17-14-24(15-18-29)28-26(22-11-9-13-25(20-22)32-4)21-10-8-12-23(19-21)27(31)30(6-2)7-3/h8-13,19-20,24,26,28H,5-7,14-18H2,1-4H3. The van der Waals surface area contributed by atoms with Gasteiger partial charge in [-0.25, -0.2) is 0 Å². The van der Waals surface area contributed by atoms with Crippen LogP contribution in [0.5, 0.6) is 5.75 Å². The van der Waals surface area contributed by atoms with Crippen molar-refractivity contribution in [2.45, 2.75) is 52.1 Å². The Kier molecular flexibility index (Phi) is 9.12. The highest BCUT2D eigenvalue weighted by Gasteiger charge is 2.24. The van der Waals surface area contributed by atoms with Gasteiger partial charge in [0.25, 0.3) is 5.91 Å². The molecule has 1 aliphatic rings. The number of carbonyl (C=O) groups excluding carboxylic acids is 1. The molecule has 1 amide bonds. The summed E-state index contributed by atoms with van der Waals surface area (Å²) in [5.74, 6) is 0.941. The van der Waals surface area contributed by atoms with Gasteiger partial charge in [0.15, 0.2) is 0 Å². The smallest absolute Gasteiger partial charge is 0.253 e. The predicted octanol–water partition coefficient (Wildman–Crippen LogP) is 4.73. The zero-order valence-electron chi connectivity index (χ0n) is 20.1. The fourth-order valence-electron chi connectivity index (χ4n) is 4.63. The van der Waals surface area contributed by atoms with Crippen molar-refractivity contribution in [2.24, 2.45) is 0 Å². The van der Waals surface area contributed by atoms with E-state index in [1.165, 1.54) is 13.0 Å². The summed E-state index contributed by atoms with van der Waals surface area (Å²) in [5, 5.41) is 3.92. The van der Waals surface area contributed by atoms with Gasteiger partial charge in [-0.3, -0.25) is 4.79 Å². The molecule has 1 fully saturated rings. The topological polar surface area (TPSA) is 44.8 Å². The van der Waals surface area contributed by atoms with E-state index in [-0.39, 0.29) is 11.9 Å². The molecule has 1 N–H and O–H groups in total. The van der Waals surface area contributed by atoms with Crippen LogP contribution in [-0.2, 0) is 0 Å². The summed E-state index contributed by atoms with van der Waals surface area (Å²) in [7, 11) is 1.70. The van der Waals surface area contributed by atoms with E-state index in [1.807, 2.05) is 43.0 Å². The number of methoxy groups -OCH3 is 1. The van der Waals surface area contributed by atoms with E-state index >= 15 is 0 Å². The summed E-state index contributed by atoms with van der Waals surface area (Å²) in [6.07, 6.45) is 3.48. The Balaban J connectivity index is 1.88. The SMILES string of the molecule is CCCN1CCC(NC(c2cccc(OC)c2)c2cccc(C(=O)N(CC)CC)c2)CC1. The highest BCUT2D eigenvalue weighted by Crippen LogP contribution is 2.28. The second-order valence-electron chi connectivity index (χ2n) is 8.60. The molecule has 0 bridgehead atoms. The number of nitrogens with one attached hydrogen (secondary N) is 1. The first-order chi connectivity index (χ1) is 15.6. The predicted molar refractivity (Wildman–Crippen MR) is 131 cm³/mol. The minimum atomic E-state index is 0.0114. The van der Waals surface area contributed by atoms with Crippen LogP contribution in [0.2, 0.25) is 0 Å². The number of rotatable bonds is 10. The number of likely N-dealkylation sites (tertiary alicyclic amines) is 1. The largest absolute Gasteiger partial charge is 0.497 e. The molecule has 1 aliphatic heterocycles. The number of hydrogen-bond acceptors (Lipinski definition) is 4. The first-order valence-electron chi connectivity index (χ1n) is 12.1. The Morgan fingerprint density at radius 2 is 1.72 bits per heavy atom. The molecule has 1 saturated heterocycles. The molecular weight excluding hydrogens is 398 g/mol. The maximum Gasteiger partial charge on any atom is 0.253 e. The third-order valence-electron chi connectivity index (χ3n) is 6.47. The average Bonchev–Trinajstić information content (AvgIpc) is 2.84. The molecule has 1 unspecified atom stereocenters. The van der Waals surface area contributed by atoms with E-state index in [4.69, 9.17) is 4.74 Å². The van der Waals surface area contributed by atoms with Gasteiger partial charge in [0.05, 0.1) is 13.2 Å². The van der Waals surface area contributed by atoms with E-state index < -0.39 is 0 Å². The number of piperidine rings is 1. The molecule has 174 valence electrons. The second-order valence-corrected chi connectivity index (χ2v) is 8.60. The van der Waals surface area contributed by atoms with Gasteiger partial charge in [0.1, 0.15) is 5.75 Å². The lowest BCUT2D eigenvalue weighted by atomic mass is 9.94. The van der Waals surface area contributed by atoms with Crippen molar-refractivity contribution < 1.29 is 9.53 Å². The summed E-state index contributed by atoms with van der Waals surface area (Å²) in [4.78, 5) is 17.4. The highest BCUT2D eigenvalue weighted by molar-refractivity contribution is 5.94. The van der Waals surface area contributed by atoms with Gasteiger partial charge in [-0.05, 0) is 88.1 Å². The van der Waals surface area contributed by atoms with Crippen LogP contribution < -0.4 is 10.1 Å². The summed E-state index contributed by atoms with van der Waals surface area (Å²) >= 11 is 0. The number of carbonyl (C=O) groups is 1. The Labute approximate surface area is 193 Å². The number of amides is 1. The first kappa shape index (κ1) is 24.3. The van der Waals surface area contributed by atoms with E-state index in [0.29, 0.717) is 19.1 Å². The lowest BCUT2D eigenvalue weighted by Gasteiger charge is -2.35. The molecule has 1 heterocycles. The number of ether oxygens (including phenoxy) is 1. The van der Waals surface area contributed by atoms with E-state index in [1.54, 1.807) is 7.11 Å². The number of hydrogen-bond donors (Lipinski definition) is 1. The van der Waals surface area contributed by atoms with Crippen molar-refractivity contribution >= 4 is 5.91 Å². The van der Waals surface area contributed by atoms with Crippen LogP contribution in [0.3, 0.4) is 0 Å². The summed E-state index contributed by atoms with van der Waals surface area (Å²) < 4.78 is 5.50. The molecule has 32 heavy (non-hydrogen) atoms. The fraction of sp³-hybridized carbons (Fsp3) is 0.519. The zero-order chi connectivity index (χ0) is 22.9. The van der Waals surface area contributed by atoms with E-state index in [0.717, 1.165) is 48.4 Å². The Morgan fingerprint density at radius 1 is 1.06 bits per heavy atom. The van der Waals surface area contributed by atoms with Crippen LogP contribution in [-0.4, -0.2) is 61.6 Å². The fourth-order valence-corrected chi connectivity index (χ4v) is 4.63. The van der Waals surface area contributed by atoms with Gasteiger partial charge >= 0.3 is 0 Å². The van der Waals surface area contributed by atoms with Crippen LogP contribution in [0.4, 0.5) is 0 Å². The van der Waals surface area contributed by atoms with Crippen molar-refractivity contribution in [3.8, 4) is 5.75 Å². The van der Waals surface area contributed by atoms with Crippen LogP contribution in [0.1, 0.15) is 67.6 Å². The Morgan fingerprint density at radius 3 is 2.34 bits per heavy atom. The molecule has 5 nitrogen and oxygen atoms in total. The molecule has 0 saturated carbocycles. The van der Waals surface area contributed by atoms with Crippen LogP contribution in [0.25, 0.3) is 0 Å². The maximum atomic E-state index is 13.0. The summed E-state index contributed by atoms with van der Waals surface area (Å²) in [6.45, 7) is 11.2. The van der Waals surface area contributed by atoms with Crippen LogP contribution in [0, 0.1) is 0 Å². The molecule has 3 rings (SSSR count). The molecule has 2 aromatic rings. The molecule has 1 atom stereocenters. The van der Waals surface area contributed by atoms with Gasteiger partial charge < -0.3 is 19.9 Å². The van der Waals surface area contributed by atoms with Crippen molar-refractivity contribution in [1.29, 1.82) is 0 Å². The normalized spacial score (nSPS) is 16.0. The monoisotopic (exact) mass is 437 g/mol. The van der Waals surface area contributed by atoms with Crippen LogP contribution >= 0.6 is 0 Å². The second kappa shape index (κ2) is 12.0. The Bertz CT molecular complexity index is 857. The van der Waals surface area contributed by atoms with Crippen molar-refractivity contribution in [3.63, 3.8) is 0 Å². The quantitative estimate of drug-likeness (QED) is 0.584. The van der Waals surface area contributed by atoms with Gasteiger partial charge in [0.2, 0.25) is 0 Å². The van der Waals surface area contributed by atoms with E-state index in [9.17, 15) is 4.79 Å². The third-order valence-corrected chi connectivity index (χ3v) is 6.47. The van der Waals surface area contributed by atoms with Gasteiger partial charge in [0, 0.05) is 24.7 Å². The zero-order valence-corrected chi connectivity index (χ0v) is 20.1. The molecule has 0 spiro atoms. The molecular formula is C27H39N3O2.